The smallest absolute Gasteiger partial charge is 0.104 e. The molecule has 0 aliphatic carbocycles. The van der Waals surface area contributed by atoms with E-state index in [0.29, 0.717) is 55.9 Å². The van der Waals surface area contributed by atoms with Crippen LogP contribution >= 0.6 is 0 Å². The minimum atomic E-state index is 0.395. The van der Waals surface area contributed by atoms with Crippen LogP contribution in [0.3, 0.4) is 0 Å². The molecule has 0 aliphatic heterocycles. The summed E-state index contributed by atoms with van der Waals surface area (Å²) < 4.78 is 4.23. The van der Waals surface area contributed by atoms with Crippen molar-refractivity contribution < 1.29 is 0 Å². The zero-order valence-electron chi connectivity index (χ0n) is 32.6. The molecule has 0 aliphatic rings. The molecule has 0 unspecified atom stereocenters. The van der Waals surface area contributed by atoms with Crippen LogP contribution in [0.25, 0.3) is 88.4 Å². The fourth-order valence-electron chi connectivity index (χ4n) is 8.80. The van der Waals surface area contributed by atoms with Crippen LogP contribution in [0.4, 0.5) is 0 Å². The summed E-state index contributed by atoms with van der Waals surface area (Å²) in [6, 6.07) is 63.3. The van der Waals surface area contributed by atoms with E-state index < -0.39 is 0 Å². The standard InChI is InChI=1S/C54H26N8/c55-27-33-6-5-7-36(22-33)43-18-21-53(61-49-10-3-1-8-44(49)46-25-37(14-19-51(46)61)41-16-12-34(28-56)23-39(41)30-58)48(32-60)54(43)62-50-11-4-2-9-45(50)47-26-38(15-20-52(47)62)42-17-13-35(29-57)24-40(42)31-59/h1-26H. The molecule has 10 aromatic rings. The first-order chi connectivity index (χ1) is 30.5. The zero-order chi connectivity index (χ0) is 42.5. The molecule has 2 aromatic heterocycles. The van der Waals surface area contributed by atoms with E-state index in [0.717, 1.165) is 65.9 Å². The first kappa shape index (κ1) is 36.6. The predicted octanol–water partition coefficient (Wildman–Crippen LogP) is 12.1. The van der Waals surface area contributed by atoms with Crippen molar-refractivity contribution in [3.8, 4) is 81.2 Å². The number of fused-ring (bicyclic) bond motifs is 6. The van der Waals surface area contributed by atoms with Crippen molar-refractivity contribution in [2.45, 2.75) is 0 Å². The lowest BCUT2D eigenvalue weighted by molar-refractivity contribution is 1.12. The highest BCUT2D eigenvalue weighted by atomic mass is 15.0. The number of hydrogen-bond donors (Lipinski definition) is 0. The highest BCUT2D eigenvalue weighted by Crippen LogP contribution is 2.43. The summed E-state index contributed by atoms with van der Waals surface area (Å²) in [5.74, 6) is 0. The van der Waals surface area contributed by atoms with E-state index in [-0.39, 0.29) is 0 Å². The van der Waals surface area contributed by atoms with Crippen molar-refractivity contribution in [3.05, 3.63) is 191 Å². The lowest BCUT2D eigenvalue weighted by Gasteiger charge is -2.20. The number of hydrogen-bond acceptors (Lipinski definition) is 6. The van der Waals surface area contributed by atoms with Gasteiger partial charge < -0.3 is 9.13 Å². The molecule has 0 saturated heterocycles. The van der Waals surface area contributed by atoms with Crippen molar-refractivity contribution in [2.75, 3.05) is 0 Å². The third-order valence-electron chi connectivity index (χ3n) is 11.5. The molecule has 0 radical (unpaired) electrons. The van der Waals surface area contributed by atoms with Crippen molar-refractivity contribution >= 4 is 43.6 Å². The summed E-state index contributed by atoms with van der Waals surface area (Å²) in [6.07, 6.45) is 0. The summed E-state index contributed by atoms with van der Waals surface area (Å²) in [5.41, 5.74) is 11.8. The molecule has 8 aromatic carbocycles. The molecular weight excluding hydrogens is 761 g/mol. The number of para-hydroxylation sites is 2. The molecule has 10 rings (SSSR count). The lowest BCUT2D eigenvalue weighted by Crippen LogP contribution is -2.06. The molecule has 2 heterocycles. The molecular formula is C54H26N8. The maximum Gasteiger partial charge on any atom is 0.104 e. The van der Waals surface area contributed by atoms with Gasteiger partial charge in [0.1, 0.15) is 11.6 Å². The number of rotatable bonds is 5. The van der Waals surface area contributed by atoms with Gasteiger partial charge in [0, 0.05) is 27.1 Å². The molecule has 0 bridgehead atoms. The van der Waals surface area contributed by atoms with Crippen LogP contribution in [0.2, 0.25) is 0 Å². The monoisotopic (exact) mass is 786 g/mol. The maximum atomic E-state index is 11.5. The van der Waals surface area contributed by atoms with Gasteiger partial charge in [-0.15, -0.1) is 0 Å². The van der Waals surface area contributed by atoms with Gasteiger partial charge in [-0.2, -0.15) is 31.6 Å². The number of nitrogens with zero attached hydrogens (tertiary/aromatic N) is 8. The Morgan fingerprint density at radius 3 is 1.35 bits per heavy atom. The normalized spacial score (nSPS) is 10.8. The van der Waals surface area contributed by atoms with Gasteiger partial charge >= 0.3 is 0 Å². The van der Waals surface area contributed by atoms with Gasteiger partial charge in [0.15, 0.2) is 0 Å². The van der Waals surface area contributed by atoms with Crippen LogP contribution in [0.1, 0.15) is 33.4 Å². The van der Waals surface area contributed by atoms with Crippen LogP contribution in [-0.2, 0) is 0 Å². The van der Waals surface area contributed by atoms with Crippen LogP contribution in [0.15, 0.2) is 158 Å². The van der Waals surface area contributed by atoms with Gasteiger partial charge in [-0.05, 0) is 107 Å². The SMILES string of the molecule is N#Cc1cccc(-c2ccc(-n3c4ccccc4c4cc(-c5ccc(C#N)cc5C#N)ccc43)c(C#N)c2-n2c3ccccc3c3cc(-c4ccc(C#N)cc4C#N)ccc32)c1. The quantitative estimate of drug-likeness (QED) is 0.169. The van der Waals surface area contributed by atoms with E-state index in [1.54, 1.807) is 42.5 Å². The van der Waals surface area contributed by atoms with Crippen molar-refractivity contribution in [1.29, 1.82) is 31.6 Å². The van der Waals surface area contributed by atoms with Gasteiger partial charge in [-0.3, -0.25) is 0 Å². The summed E-state index contributed by atoms with van der Waals surface area (Å²) in [6.45, 7) is 0. The fourth-order valence-corrected chi connectivity index (χ4v) is 8.80. The van der Waals surface area contributed by atoms with Crippen LogP contribution < -0.4 is 0 Å². The van der Waals surface area contributed by atoms with E-state index in [9.17, 15) is 31.6 Å². The average molecular weight is 787 g/mol. The Bertz CT molecular complexity index is 3840. The van der Waals surface area contributed by atoms with Gasteiger partial charge in [0.2, 0.25) is 0 Å². The van der Waals surface area contributed by atoms with E-state index in [4.69, 9.17) is 0 Å². The molecule has 0 spiro atoms. The molecule has 8 heteroatoms. The van der Waals surface area contributed by atoms with E-state index in [2.05, 4.69) is 57.7 Å². The Labute approximate surface area is 355 Å². The Hall–Kier alpha value is -9.70. The third kappa shape index (κ3) is 5.63. The lowest BCUT2D eigenvalue weighted by atomic mass is 9.96. The molecule has 62 heavy (non-hydrogen) atoms. The highest BCUT2D eigenvalue weighted by molar-refractivity contribution is 6.13. The number of aromatic nitrogens is 2. The molecule has 0 saturated carbocycles. The van der Waals surface area contributed by atoms with E-state index in [1.165, 1.54) is 0 Å². The van der Waals surface area contributed by atoms with Crippen molar-refractivity contribution in [1.82, 2.24) is 9.13 Å². The molecule has 0 amide bonds. The molecule has 282 valence electrons. The molecule has 0 atom stereocenters. The third-order valence-corrected chi connectivity index (χ3v) is 11.5. The average Bonchev–Trinajstić information content (AvgIpc) is 3.84. The van der Waals surface area contributed by atoms with Crippen LogP contribution in [-0.4, -0.2) is 9.13 Å². The predicted molar refractivity (Wildman–Crippen MR) is 240 cm³/mol. The van der Waals surface area contributed by atoms with Gasteiger partial charge in [0.25, 0.3) is 0 Å². The topological polar surface area (TPSA) is 153 Å². The fraction of sp³-hybridized carbons (Fsp3) is 0. The van der Waals surface area contributed by atoms with Crippen LogP contribution in [0.5, 0.6) is 0 Å². The Balaban J connectivity index is 1.28. The van der Waals surface area contributed by atoms with Crippen LogP contribution in [0, 0.1) is 68.0 Å². The first-order valence-corrected chi connectivity index (χ1v) is 19.5. The summed E-state index contributed by atoms with van der Waals surface area (Å²) >= 11 is 0. The second kappa shape index (κ2) is 14.6. The number of nitriles is 6. The Kier molecular flexibility index (Phi) is 8.62. The molecule has 0 fully saturated rings. The van der Waals surface area contributed by atoms with E-state index >= 15 is 0 Å². The maximum absolute atomic E-state index is 11.5. The van der Waals surface area contributed by atoms with Crippen molar-refractivity contribution in [3.63, 3.8) is 0 Å². The van der Waals surface area contributed by atoms with Gasteiger partial charge in [-0.25, -0.2) is 0 Å². The zero-order valence-corrected chi connectivity index (χ0v) is 32.6. The number of benzene rings is 8. The second-order valence-electron chi connectivity index (χ2n) is 14.8. The molecule has 8 nitrogen and oxygen atoms in total. The highest BCUT2D eigenvalue weighted by Gasteiger charge is 2.25. The minimum Gasteiger partial charge on any atom is -0.308 e. The van der Waals surface area contributed by atoms with E-state index in [1.807, 2.05) is 103 Å². The minimum absolute atomic E-state index is 0.395. The Morgan fingerprint density at radius 2 is 0.806 bits per heavy atom. The van der Waals surface area contributed by atoms with Gasteiger partial charge in [0.05, 0.1) is 91.6 Å². The van der Waals surface area contributed by atoms with Gasteiger partial charge in [-0.1, -0.05) is 78.9 Å². The summed E-state index contributed by atoms with van der Waals surface area (Å²) in [4.78, 5) is 0. The van der Waals surface area contributed by atoms with Crippen molar-refractivity contribution in [2.24, 2.45) is 0 Å². The second-order valence-corrected chi connectivity index (χ2v) is 14.8. The summed E-state index contributed by atoms with van der Waals surface area (Å²) in [5, 5.41) is 64.3. The largest absolute Gasteiger partial charge is 0.308 e. The Morgan fingerprint density at radius 1 is 0.323 bits per heavy atom. The summed E-state index contributed by atoms with van der Waals surface area (Å²) in [7, 11) is 0. The molecule has 0 N–H and O–H groups in total. The first-order valence-electron chi connectivity index (χ1n) is 19.5.